The summed E-state index contributed by atoms with van der Waals surface area (Å²) in [6.07, 6.45) is 0. The molecule has 0 spiro atoms. The number of rotatable bonds is 6. The summed E-state index contributed by atoms with van der Waals surface area (Å²) in [5.74, 6) is 0.817. The van der Waals surface area contributed by atoms with Crippen molar-refractivity contribution < 1.29 is 9.53 Å². The zero-order valence-corrected chi connectivity index (χ0v) is 12.3. The maximum absolute atomic E-state index is 11.7. The molecule has 110 valence electrons. The average molecular weight is 284 g/mol. The topological polar surface area (TPSA) is 50.4 Å². The number of nitrogens with one attached hydrogen (secondary N) is 2. The summed E-state index contributed by atoms with van der Waals surface area (Å²) in [7, 11) is 1.67. The van der Waals surface area contributed by atoms with Crippen molar-refractivity contribution in [2.24, 2.45) is 0 Å². The number of methoxy groups -OCH3 is 1. The van der Waals surface area contributed by atoms with Crippen LogP contribution in [0.1, 0.15) is 22.8 Å². The fraction of sp³-hybridized carbons (Fsp3) is 0.235. The van der Waals surface area contributed by atoms with E-state index in [-0.39, 0.29) is 5.91 Å². The van der Waals surface area contributed by atoms with Gasteiger partial charge in [0, 0.05) is 29.9 Å². The standard InChI is InChI=1S/C17H20N2O2/c1-3-18-17(20)13-8-10-15(11-9-13)19-12-14-6-4-5-7-16(14)21-2/h4-11,19H,3,12H2,1-2H3,(H,18,20). The lowest BCUT2D eigenvalue weighted by molar-refractivity contribution is 0.0956. The van der Waals surface area contributed by atoms with E-state index in [9.17, 15) is 4.79 Å². The Morgan fingerprint density at radius 2 is 1.81 bits per heavy atom. The van der Waals surface area contributed by atoms with E-state index in [1.165, 1.54) is 0 Å². The number of carbonyl (C=O) groups excluding carboxylic acids is 1. The molecule has 0 aromatic heterocycles. The van der Waals surface area contributed by atoms with Gasteiger partial charge in [0.25, 0.3) is 5.91 Å². The number of para-hydroxylation sites is 1. The van der Waals surface area contributed by atoms with Crippen LogP contribution in [0.15, 0.2) is 48.5 Å². The van der Waals surface area contributed by atoms with Crippen LogP contribution in [-0.2, 0) is 6.54 Å². The van der Waals surface area contributed by atoms with Gasteiger partial charge in [0.15, 0.2) is 0 Å². The van der Waals surface area contributed by atoms with Gasteiger partial charge in [-0.2, -0.15) is 0 Å². The molecule has 0 saturated carbocycles. The molecule has 21 heavy (non-hydrogen) atoms. The molecule has 2 aromatic rings. The number of hydrogen-bond acceptors (Lipinski definition) is 3. The van der Waals surface area contributed by atoms with Crippen molar-refractivity contribution in [1.82, 2.24) is 5.32 Å². The number of amides is 1. The van der Waals surface area contributed by atoms with Crippen LogP contribution in [0.2, 0.25) is 0 Å². The third kappa shape index (κ3) is 3.99. The van der Waals surface area contributed by atoms with Crippen molar-refractivity contribution in [3.8, 4) is 5.75 Å². The third-order valence-corrected chi connectivity index (χ3v) is 3.16. The molecule has 0 saturated heterocycles. The molecule has 2 N–H and O–H groups in total. The van der Waals surface area contributed by atoms with E-state index in [1.54, 1.807) is 7.11 Å². The van der Waals surface area contributed by atoms with Crippen LogP contribution in [0.5, 0.6) is 5.75 Å². The van der Waals surface area contributed by atoms with Crippen LogP contribution in [0, 0.1) is 0 Å². The molecule has 1 amide bonds. The smallest absolute Gasteiger partial charge is 0.251 e. The quantitative estimate of drug-likeness (QED) is 0.857. The summed E-state index contributed by atoms with van der Waals surface area (Å²) < 4.78 is 5.32. The summed E-state index contributed by atoms with van der Waals surface area (Å²) in [5.41, 5.74) is 2.72. The third-order valence-electron chi connectivity index (χ3n) is 3.16. The van der Waals surface area contributed by atoms with Crippen LogP contribution >= 0.6 is 0 Å². The van der Waals surface area contributed by atoms with Gasteiger partial charge in [-0.05, 0) is 37.3 Å². The Morgan fingerprint density at radius 3 is 2.48 bits per heavy atom. The molecule has 0 fully saturated rings. The first-order valence-corrected chi connectivity index (χ1v) is 6.98. The molecule has 4 heteroatoms. The first-order valence-electron chi connectivity index (χ1n) is 6.98. The second kappa shape index (κ2) is 7.33. The van der Waals surface area contributed by atoms with Crippen molar-refractivity contribution in [2.45, 2.75) is 13.5 Å². The summed E-state index contributed by atoms with van der Waals surface area (Å²) in [5, 5.41) is 6.10. The van der Waals surface area contributed by atoms with E-state index in [1.807, 2.05) is 55.5 Å². The molecule has 2 rings (SSSR count). The van der Waals surface area contributed by atoms with E-state index in [2.05, 4.69) is 10.6 Å². The van der Waals surface area contributed by atoms with E-state index >= 15 is 0 Å². The van der Waals surface area contributed by atoms with Gasteiger partial charge < -0.3 is 15.4 Å². The summed E-state index contributed by atoms with van der Waals surface area (Å²) in [6, 6.07) is 15.3. The molecule has 0 aliphatic heterocycles. The molecule has 0 aliphatic carbocycles. The first kappa shape index (κ1) is 14.9. The van der Waals surface area contributed by atoms with Crippen LogP contribution in [0.25, 0.3) is 0 Å². The molecular weight excluding hydrogens is 264 g/mol. The van der Waals surface area contributed by atoms with Crippen molar-refractivity contribution >= 4 is 11.6 Å². The SMILES string of the molecule is CCNC(=O)c1ccc(NCc2ccccc2OC)cc1. The van der Waals surface area contributed by atoms with Gasteiger partial charge in [0.2, 0.25) is 0 Å². The molecule has 0 atom stereocenters. The molecule has 0 unspecified atom stereocenters. The zero-order chi connectivity index (χ0) is 15.1. The average Bonchev–Trinajstić information content (AvgIpc) is 2.54. The number of ether oxygens (including phenoxy) is 1. The fourth-order valence-electron chi connectivity index (χ4n) is 2.05. The lowest BCUT2D eigenvalue weighted by Gasteiger charge is -2.11. The summed E-state index contributed by atoms with van der Waals surface area (Å²) in [6.45, 7) is 3.21. The first-order chi connectivity index (χ1) is 10.2. The Labute approximate surface area is 125 Å². The predicted octanol–water partition coefficient (Wildman–Crippen LogP) is 3.06. The Morgan fingerprint density at radius 1 is 1.10 bits per heavy atom. The van der Waals surface area contributed by atoms with Crippen molar-refractivity contribution in [1.29, 1.82) is 0 Å². The second-order valence-corrected chi connectivity index (χ2v) is 4.60. The summed E-state index contributed by atoms with van der Waals surface area (Å²) >= 11 is 0. The zero-order valence-electron chi connectivity index (χ0n) is 12.3. The Hall–Kier alpha value is -2.49. The lowest BCUT2D eigenvalue weighted by Crippen LogP contribution is -2.22. The largest absolute Gasteiger partial charge is 0.496 e. The fourth-order valence-corrected chi connectivity index (χ4v) is 2.05. The highest BCUT2D eigenvalue weighted by atomic mass is 16.5. The van der Waals surface area contributed by atoms with Gasteiger partial charge in [0.1, 0.15) is 5.75 Å². The van der Waals surface area contributed by atoms with Gasteiger partial charge in [-0.15, -0.1) is 0 Å². The van der Waals surface area contributed by atoms with Gasteiger partial charge in [0.05, 0.1) is 7.11 Å². The Bertz CT molecular complexity index is 594. The highest BCUT2D eigenvalue weighted by Crippen LogP contribution is 2.19. The molecule has 2 aromatic carbocycles. The normalized spacial score (nSPS) is 10.0. The van der Waals surface area contributed by atoms with Gasteiger partial charge in [-0.3, -0.25) is 4.79 Å². The minimum absolute atomic E-state index is 0.0474. The highest BCUT2D eigenvalue weighted by molar-refractivity contribution is 5.94. The molecule has 4 nitrogen and oxygen atoms in total. The Balaban J connectivity index is 1.99. The monoisotopic (exact) mass is 284 g/mol. The molecule has 0 aliphatic rings. The number of carbonyl (C=O) groups is 1. The van der Waals surface area contributed by atoms with Crippen molar-refractivity contribution in [3.63, 3.8) is 0 Å². The minimum atomic E-state index is -0.0474. The second-order valence-electron chi connectivity index (χ2n) is 4.60. The van der Waals surface area contributed by atoms with Crippen LogP contribution in [-0.4, -0.2) is 19.6 Å². The molecular formula is C17H20N2O2. The van der Waals surface area contributed by atoms with Gasteiger partial charge in [-0.25, -0.2) is 0 Å². The Kier molecular flexibility index (Phi) is 5.21. The van der Waals surface area contributed by atoms with E-state index in [0.29, 0.717) is 18.7 Å². The number of hydrogen-bond donors (Lipinski definition) is 2. The van der Waals surface area contributed by atoms with E-state index in [4.69, 9.17) is 4.74 Å². The van der Waals surface area contributed by atoms with Crippen molar-refractivity contribution in [3.05, 3.63) is 59.7 Å². The van der Waals surface area contributed by atoms with E-state index < -0.39 is 0 Å². The minimum Gasteiger partial charge on any atom is -0.496 e. The molecule has 0 bridgehead atoms. The van der Waals surface area contributed by atoms with Crippen LogP contribution < -0.4 is 15.4 Å². The molecule has 0 heterocycles. The van der Waals surface area contributed by atoms with Crippen LogP contribution in [0.4, 0.5) is 5.69 Å². The lowest BCUT2D eigenvalue weighted by atomic mass is 10.1. The predicted molar refractivity (Wildman–Crippen MR) is 84.8 cm³/mol. The maximum atomic E-state index is 11.7. The maximum Gasteiger partial charge on any atom is 0.251 e. The number of anilines is 1. The van der Waals surface area contributed by atoms with Gasteiger partial charge >= 0.3 is 0 Å². The molecule has 0 radical (unpaired) electrons. The van der Waals surface area contributed by atoms with Gasteiger partial charge in [-0.1, -0.05) is 18.2 Å². The highest BCUT2D eigenvalue weighted by Gasteiger charge is 2.04. The van der Waals surface area contributed by atoms with Crippen LogP contribution in [0.3, 0.4) is 0 Å². The number of benzene rings is 2. The van der Waals surface area contributed by atoms with Crippen molar-refractivity contribution in [2.75, 3.05) is 19.0 Å². The van der Waals surface area contributed by atoms with E-state index in [0.717, 1.165) is 17.0 Å². The summed E-state index contributed by atoms with van der Waals surface area (Å²) in [4.78, 5) is 11.7.